The van der Waals surface area contributed by atoms with E-state index in [4.69, 9.17) is 5.73 Å². The average Bonchev–Trinajstić information content (AvgIpc) is 2.28. The number of hydrogen-bond donors (Lipinski definition) is 2. The number of amides is 1. The molecule has 0 aliphatic heterocycles. The molecule has 0 bridgehead atoms. The summed E-state index contributed by atoms with van der Waals surface area (Å²) in [5, 5.41) is 2.85. The van der Waals surface area contributed by atoms with Gasteiger partial charge in [0.2, 0.25) is 0 Å². The second-order valence-electron chi connectivity index (χ2n) is 5.17. The number of nitrogen functional groups attached to an aromatic ring is 1. The highest BCUT2D eigenvalue weighted by Gasteiger charge is 2.34. The molecule has 0 saturated heterocycles. The van der Waals surface area contributed by atoms with Crippen LogP contribution >= 0.6 is 0 Å². The number of alkyl halides is 3. The quantitative estimate of drug-likeness (QED) is 0.841. The molecule has 0 radical (unpaired) electrons. The second kappa shape index (κ2) is 4.88. The number of carbonyl (C=O) groups excluding carboxylic acids is 1. The topological polar surface area (TPSA) is 64.3 Å². The predicted octanol–water partition coefficient (Wildman–Crippen LogP) is 2.84. The van der Waals surface area contributed by atoms with E-state index in [1.54, 1.807) is 0 Å². The summed E-state index contributed by atoms with van der Waals surface area (Å²) in [7, 11) is 0. The van der Waals surface area contributed by atoms with Gasteiger partial charge >= 0.3 is 6.36 Å². The Bertz CT molecular complexity index is 525. The van der Waals surface area contributed by atoms with E-state index in [1.807, 2.05) is 6.92 Å². The third-order valence-electron chi connectivity index (χ3n) is 3.37. The van der Waals surface area contributed by atoms with E-state index in [9.17, 15) is 18.0 Å². The monoisotopic (exact) mass is 288 g/mol. The fourth-order valence-electron chi connectivity index (χ4n) is 2.09. The summed E-state index contributed by atoms with van der Waals surface area (Å²) in [6.07, 6.45) is -1.97. The number of carbonyl (C=O) groups is 1. The molecule has 0 spiro atoms. The zero-order chi connectivity index (χ0) is 15.0. The summed E-state index contributed by atoms with van der Waals surface area (Å²) in [4.78, 5) is 12.0. The van der Waals surface area contributed by atoms with Crippen LogP contribution < -0.4 is 15.8 Å². The minimum atomic E-state index is -4.81. The minimum absolute atomic E-state index is 0.213. The van der Waals surface area contributed by atoms with E-state index in [0.29, 0.717) is 0 Å². The normalized spacial score (nSPS) is 17.2. The van der Waals surface area contributed by atoms with Gasteiger partial charge in [-0.15, -0.1) is 13.2 Å². The molecule has 110 valence electrons. The highest BCUT2D eigenvalue weighted by atomic mass is 19.4. The van der Waals surface area contributed by atoms with E-state index in [2.05, 4.69) is 10.1 Å². The standard InChI is InChI=1S/C13H15F3N2O2/c1-12(5-2-6-12)18-11(19)8-3-4-10(9(17)7-8)20-13(14,15)16/h3-4,7H,2,5-6,17H2,1H3,(H,18,19). The molecule has 20 heavy (non-hydrogen) atoms. The first kappa shape index (κ1) is 14.5. The van der Waals surface area contributed by atoms with Crippen molar-refractivity contribution in [3.8, 4) is 5.75 Å². The van der Waals surface area contributed by atoms with Crippen molar-refractivity contribution in [1.82, 2.24) is 5.32 Å². The molecule has 0 unspecified atom stereocenters. The van der Waals surface area contributed by atoms with E-state index in [1.165, 1.54) is 12.1 Å². The summed E-state index contributed by atoms with van der Waals surface area (Å²) in [6.45, 7) is 1.93. The smallest absolute Gasteiger partial charge is 0.404 e. The Morgan fingerprint density at radius 1 is 1.40 bits per heavy atom. The predicted molar refractivity (Wildman–Crippen MR) is 67.3 cm³/mol. The fourth-order valence-corrected chi connectivity index (χ4v) is 2.09. The summed E-state index contributed by atoms with van der Waals surface area (Å²) >= 11 is 0. The highest BCUT2D eigenvalue weighted by molar-refractivity contribution is 5.96. The number of nitrogens with two attached hydrogens (primary N) is 1. The van der Waals surface area contributed by atoms with E-state index in [-0.39, 0.29) is 22.7 Å². The van der Waals surface area contributed by atoms with Crippen molar-refractivity contribution in [2.75, 3.05) is 5.73 Å². The van der Waals surface area contributed by atoms with Gasteiger partial charge in [0.05, 0.1) is 5.69 Å². The molecule has 1 saturated carbocycles. The van der Waals surface area contributed by atoms with Crippen molar-refractivity contribution in [3.63, 3.8) is 0 Å². The third kappa shape index (κ3) is 3.34. The molecule has 2 rings (SSSR count). The Morgan fingerprint density at radius 2 is 2.05 bits per heavy atom. The molecular formula is C13H15F3N2O2. The van der Waals surface area contributed by atoms with Crippen molar-refractivity contribution in [3.05, 3.63) is 23.8 Å². The summed E-state index contributed by atoms with van der Waals surface area (Å²) in [5.41, 5.74) is 5.23. The summed E-state index contributed by atoms with van der Waals surface area (Å²) in [5.74, 6) is -0.860. The number of anilines is 1. The van der Waals surface area contributed by atoms with E-state index in [0.717, 1.165) is 25.3 Å². The van der Waals surface area contributed by atoms with Gasteiger partial charge in [0.1, 0.15) is 0 Å². The van der Waals surface area contributed by atoms with Gasteiger partial charge in [0.15, 0.2) is 5.75 Å². The fraction of sp³-hybridized carbons (Fsp3) is 0.462. The molecule has 7 heteroatoms. The molecule has 1 fully saturated rings. The Kier molecular flexibility index (Phi) is 3.54. The van der Waals surface area contributed by atoms with Crippen LogP contribution in [0.5, 0.6) is 5.75 Å². The van der Waals surface area contributed by atoms with Crippen LogP contribution in [0.25, 0.3) is 0 Å². The van der Waals surface area contributed by atoms with Gasteiger partial charge in [-0.2, -0.15) is 0 Å². The number of hydrogen-bond acceptors (Lipinski definition) is 3. The molecule has 1 aliphatic carbocycles. The van der Waals surface area contributed by atoms with Crippen molar-refractivity contribution >= 4 is 11.6 Å². The SMILES string of the molecule is CC1(NC(=O)c2ccc(OC(F)(F)F)c(N)c2)CCC1. The lowest BCUT2D eigenvalue weighted by molar-refractivity contribution is -0.274. The lowest BCUT2D eigenvalue weighted by Crippen LogP contribution is -2.50. The van der Waals surface area contributed by atoms with Crippen LogP contribution in [0.4, 0.5) is 18.9 Å². The van der Waals surface area contributed by atoms with Crippen molar-refractivity contribution in [1.29, 1.82) is 0 Å². The maximum absolute atomic E-state index is 12.1. The third-order valence-corrected chi connectivity index (χ3v) is 3.37. The van der Waals surface area contributed by atoms with Crippen molar-refractivity contribution in [2.24, 2.45) is 0 Å². The molecular weight excluding hydrogens is 273 g/mol. The van der Waals surface area contributed by atoms with Gasteiger partial charge in [-0.05, 0) is 44.4 Å². The Hall–Kier alpha value is -1.92. The van der Waals surface area contributed by atoms with Crippen LogP contribution in [-0.4, -0.2) is 17.8 Å². The van der Waals surface area contributed by atoms with Gasteiger partial charge in [0.25, 0.3) is 5.91 Å². The largest absolute Gasteiger partial charge is 0.573 e. The number of ether oxygens (including phenoxy) is 1. The molecule has 4 nitrogen and oxygen atoms in total. The number of nitrogens with one attached hydrogen (secondary N) is 1. The minimum Gasteiger partial charge on any atom is -0.404 e. The van der Waals surface area contributed by atoms with Crippen LogP contribution in [0.15, 0.2) is 18.2 Å². The second-order valence-corrected chi connectivity index (χ2v) is 5.17. The maximum Gasteiger partial charge on any atom is 0.573 e. The first-order valence-corrected chi connectivity index (χ1v) is 6.16. The Labute approximate surface area is 114 Å². The van der Waals surface area contributed by atoms with Gasteiger partial charge < -0.3 is 15.8 Å². The molecule has 1 aliphatic rings. The molecule has 0 atom stereocenters. The Morgan fingerprint density at radius 3 is 2.50 bits per heavy atom. The van der Waals surface area contributed by atoms with Crippen molar-refractivity contribution < 1.29 is 22.7 Å². The first-order chi connectivity index (χ1) is 9.19. The zero-order valence-electron chi connectivity index (χ0n) is 10.9. The van der Waals surface area contributed by atoms with Gasteiger partial charge in [-0.1, -0.05) is 0 Å². The molecule has 1 aromatic rings. The zero-order valence-corrected chi connectivity index (χ0v) is 10.9. The molecule has 1 amide bonds. The molecule has 3 N–H and O–H groups in total. The van der Waals surface area contributed by atoms with Gasteiger partial charge in [-0.25, -0.2) is 0 Å². The van der Waals surface area contributed by atoms with Crippen LogP contribution in [0.2, 0.25) is 0 Å². The maximum atomic E-state index is 12.1. The lowest BCUT2D eigenvalue weighted by atomic mass is 9.78. The summed E-state index contributed by atoms with van der Waals surface area (Å²) in [6, 6.07) is 3.48. The average molecular weight is 288 g/mol. The van der Waals surface area contributed by atoms with E-state index >= 15 is 0 Å². The molecule has 0 heterocycles. The highest BCUT2D eigenvalue weighted by Crippen LogP contribution is 2.32. The Balaban J connectivity index is 2.10. The molecule has 1 aromatic carbocycles. The first-order valence-electron chi connectivity index (χ1n) is 6.16. The molecule has 0 aromatic heterocycles. The van der Waals surface area contributed by atoms with E-state index < -0.39 is 12.1 Å². The van der Waals surface area contributed by atoms with Crippen molar-refractivity contribution in [2.45, 2.75) is 38.1 Å². The number of rotatable bonds is 3. The van der Waals surface area contributed by atoms with Gasteiger partial charge in [0, 0.05) is 11.1 Å². The van der Waals surface area contributed by atoms with Crippen LogP contribution in [0, 0.1) is 0 Å². The number of benzene rings is 1. The van der Waals surface area contributed by atoms with Crippen LogP contribution in [0.3, 0.4) is 0 Å². The number of halogens is 3. The van der Waals surface area contributed by atoms with Crippen LogP contribution in [0.1, 0.15) is 36.5 Å². The summed E-state index contributed by atoms with van der Waals surface area (Å²) < 4.78 is 40.0. The van der Waals surface area contributed by atoms with Gasteiger partial charge in [-0.3, -0.25) is 4.79 Å². The lowest BCUT2D eigenvalue weighted by Gasteiger charge is -2.39. The van der Waals surface area contributed by atoms with Crippen LogP contribution in [-0.2, 0) is 0 Å².